The van der Waals surface area contributed by atoms with E-state index in [9.17, 15) is 18.0 Å². The van der Waals surface area contributed by atoms with E-state index < -0.39 is 28.5 Å². The van der Waals surface area contributed by atoms with Crippen LogP contribution in [0, 0.1) is 0 Å². The Morgan fingerprint density at radius 2 is 1.74 bits per heavy atom. The third-order valence-corrected chi connectivity index (χ3v) is 7.13. The second-order valence-electron chi connectivity index (χ2n) is 7.38. The molecule has 2 N–H and O–H groups in total. The SMILES string of the molecule is O=C(COC(=O)Cc1c[nH]c2ccccc12)Nc1ccc(S(=O)(=O)N2CCCC2)cc1. The summed E-state index contributed by atoms with van der Waals surface area (Å²) >= 11 is 0. The number of H-pyrrole nitrogens is 1. The number of carbonyl (C=O) groups excluding carboxylic acids is 2. The fourth-order valence-electron chi connectivity index (χ4n) is 3.62. The number of aromatic amines is 1. The molecule has 0 unspecified atom stereocenters. The van der Waals surface area contributed by atoms with E-state index in [-0.39, 0.29) is 11.3 Å². The van der Waals surface area contributed by atoms with Crippen molar-refractivity contribution in [2.24, 2.45) is 0 Å². The van der Waals surface area contributed by atoms with Gasteiger partial charge in [-0.05, 0) is 48.7 Å². The summed E-state index contributed by atoms with van der Waals surface area (Å²) in [7, 11) is -3.50. The van der Waals surface area contributed by atoms with Gasteiger partial charge in [-0.1, -0.05) is 18.2 Å². The molecule has 1 fully saturated rings. The van der Waals surface area contributed by atoms with Crippen LogP contribution in [0.25, 0.3) is 10.9 Å². The van der Waals surface area contributed by atoms with Crippen molar-refractivity contribution in [3.63, 3.8) is 0 Å². The van der Waals surface area contributed by atoms with Crippen LogP contribution in [0.4, 0.5) is 5.69 Å². The number of amides is 1. The molecule has 1 saturated heterocycles. The lowest BCUT2D eigenvalue weighted by Crippen LogP contribution is -2.27. The highest BCUT2D eigenvalue weighted by Gasteiger charge is 2.26. The predicted molar refractivity (Wildman–Crippen MR) is 116 cm³/mol. The number of benzene rings is 2. The van der Waals surface area contributed by atoms with Gasteiger partial charge < -0.3 is 15.0 Å². The minimum atomic E-state index is -3.50. The summed E-state index contributed by atoms with van der Waals surface area (Å²) in [6.07, 6.45) is 3.54. The Morgan fingerprint density at radius 1 is 1.03 bits per heavy atom. The van der Waals surface area contributed by atoms with Gasteiger partial charge in [0.2, 0.25) is 10.0 Å². The molecule has 8 nitrogen and oxygen atoms in total. The molecular formula is C22H23N3O5S. The van der Waals surface area contributed by atoms with Crippen molar-refractivity contribution in [1.29, 1.82) is 0 Å². The fraction of sp³-hybridized carbons (Fsp3) is 0.273. The third kappa shape index (κ3) is 4.78. The first kappa shape index (κ1) is 21.1. The molecule has 0 atom stereocenters. The van der Waals surface area contributed by atoms with Crippen molar-refractivity contribution >= 4 is 38.5 Å². The summed E-state index contributed by atoms with van der Waals surface area (Å²) in [5.41, 5.74) is 2.16. The van der Waals surface area contributed by atoms with E-state index in [0.29, 0.717) is 18.8 Å². The van der Waals surface area contributed by atoms with Crippen molar-refractivity contribution in [3.05, 3.63) is 60.3 Å². The summed E-state index contributed by atoms with van der Waals surface area (Å²) in [5, 5.41) is 3.54. The molecule has 0 bridgehead atoms. The van der Waals surface area contributed by atoms with Crippen LogP contribution in [0.1, 0.15) is 18.4 Å². The Kier molecular flexibility index (Phi) is 6.06. The van der Waals surface area contributed by atoms with E-state index in [1.807, 2.05) is 24.3 Å². The summed E-state index contributed by atoms with van der Waals surface area (Å²) in [6.45, 7) is 0.643. The average molecular weight is 442 g/mol. The predicted octanol–water partition coefficient (Wildman–Crippen LogP) is 2.68. The largest absolute Gasteiger partial charge is 0.455 e. The summed E-state index contributed by atoms with van der Waals surface area (Å²) < 4.78 is 31.6. The minimum Gasteiger partial charge on any atom is -0.455 e. The summed E-state index contributed by atoms with van der Waals surface area (Å²) in [5.74, 6) is -1.01. The molecule has 3 aromatic rings. The van der Waals surface area contributed by atoms with Crippen LogP contribution >= 0.6 is 0 Å². The van der Waals surface area contributed by atoms with Crippen LogP contribution in [0.3, 0.4) is 0 Å². The number of nitrogens with zero attached hydrogens (tertiary/aromatic N) is 1. The van der Waals surface area contributed by atoms with Crippen molar-refractivity contribution < 1.29 is 22.7 Å². The van der Waals surface area contributed by atoms with Crippen LogP contribution in [0.5, 0.6) is 0 Å². The number of aromatic nitrogens is 1. The first-order valence-corrected chi connectivity index (χ1v) is 11.5. The van der Waals surface area contributed by atoms with E-state index in [1.54, 1.807) is 6.20 Å². The Hall–Kier alpha value is -3.17. The Bertz CT molecular complexity index is 1200. The van der Waals surface area contributed by atoms with Crippen LogP contribution in [0.2, 0.25) is 0 Å². The topological polar surface area (TPSA) is 109 Å². The maximum absolute atomic E-state index is 12.5. The van der Waals surface area contributed by atoms with Gasteiger partial charge in [-0.25, -0.2) is 8.42 Å². The number of hydrogen-bond acceptors (Lipinski definition) is 5. The van der Waals surface area contributed by atoms with Gasteiger partial charge in [0.05, 0.1) is 11.3 Å². The van der Waals surface area contributed by atoms with Crippen LogP contribution in [0.15, 0.2) is 59.6 Å². The zero-order valence-corrected chi connectivity index (χ0v) is 17.7. The van der Waals surface area contributed by atoms with Gasteiger partial charge in [0.25, 0.3) is 5.91 Å². The van der Waals surface area contributed by atoms with E-state index in [0.717, 1.165) is 29.3 Å². The summed E-state index contributed by atoms with van der Waals surface area (Å²) in [4.78, 5) is 27.5. The fourth-order valence-corrected chi connectivity index (χ4v) is 5.13. The molecule has 1 amide bonds. The van der Waals surface area contributed by atoms with Gasteiger partial charge in [0.1, 0.15) is 0 Å². The highest BCUT2D eigenvalue weighted by Crippen LogP contribution is 2.22. The van der Waals surface area contributed by atoms with Gasteiger partial charge in [-0.15, -0.1) is 0 Å². The van der Waals surface area contributed by atoms with Gasteiger partial charge in [0, 0.05) is 35.9 Å². The molecule has 0 spiro atoms. The number of ether oxygens (including phenoxy) is 1. The second kappa shape index (κ2) is 8.91. The highest BCUT2D eigenvalue weighted by atomic mass is 32.2. The highest BCUT2D eigenvalue weighted by molar-refractivity contribution is 7.89. The Labute approximate surface area is 180 Å². The lowest BCUT2D eigenvalue weighted by molar-refractivity contribution is -0.146. The quantitative estimate of drug-likeness (QED) is 0.548. The number of fused-ring (bicyclic) bond motifs is 1. The first-order valence-electron chi connectivity index (χ1n) is 10.0. The zero-order chi connectivity index (χ0) is 21.8. The van der Waals surface area contributed by atoms with E-state index in [1.165, 1.54) is 28.6 Å². The standard InChI is InChI=1S/C22H23N3O5S/c26-21(15-30-22(27)13-16-14-23-20-6-2-1-5-19(16)20)24-17-7-9-18(10-8-17)31(28,29)25-11-3-4-12-25/h1-2,5-10,14,23H,3-4,11-13,15H2,(H,24,26). The zero-order valence-electron chi connectivity index (χ0n) is 16.8. The number of nitrogens with one attached hydrogen (secondary N) is 2. The van der Waals surface area contributed by atoms with Crippen molar-refractivity contribution in [3.8, 4) is 0 Å². The number of rotatable bonds is 7. The van der Waals surface area contributed by atoms with Crippen LogP contribution in [-0.4, -0.2) is 49.3 Å². The molecule has 1 aliphatic heterocycles. The number of anilines is 1. The number of para-hydroxylation sites is 1. The lowest BCUT2D eigenvalue weighted by Gasteiger charge is -2.15. The van der Waals surface area contributed by atoms with E-state index >= 15 is 0 Å². The molecule has 1 aromatic heterocycles. The van der Waals surface area contributed by atoms with Gasteiger partial charge in [-0.2, -0.15) is 4.31 Å². The van der Waals surface area contributed by atoms with Gasteiger partial charge >= 0.3 is 5.97 Å². The normalized spacial score (nSPS) is 14.6. The number of hydrogen-bond donors (Lipinski definition) is 2. The smallest absolute Gasteiger partial charge is 0.310 e. The molecule has 9 heteroatoms. The van der Waals surface area contributed by atoms with Crippen molar-refractivity contribution in [1.82, 2.24) is 9.29 Å². The maximum Gasteiger partial charge on any atom is 0.310 e. The minimum absolute atomic E-state index is 0.0559. The molecule has 31 heavy (non-hydrogen) atoms. The number of sulfonamides is 1. The van der Waals surface area contributed by atoms with Crippen molar-refractivity contribution in [2.75, 3.05) is 25.0 Å². The monoisotopic (exact) mass is 441 g/mol. The molecule has 0 radical (unpaired) electrons. The Morgan fingerprint density at radius 3 is 2.48 bits per heavy atom. The van der Waals surface area contributed by atoms with Crippen LogP contribution in [-0.2, 0) is 30.8 Å². The molecule has 0 aliphatic carbocycles. The molecule has 1 aliphatic rings. The maximum atomic E-state index is 12.5. The first-order chi connectivity index (χ1) is 14.9. The summed E-state index contributed by atoms with van der Waals surface area (Å²) in [6, 6.07) is 13.6. The number of esters is 1. The lowest BCUT2D eigenvalue weighted by atomic mass is 10.1. The van der Waals surface area contributed by atoms with E-state index in [2.05, 4.69) is 10.3 Å². The van der Waals surface area contributed by atoms with E-state index in [4.69, 9.17) is 4.74 Å². The van der Waals surface area contributed by atoms with Crippen molar-refractivity contribution in [2.45, 2.75) is 24.2 Å². The average Bonchev–Trinajstić information content (AvgIpc) is 3.44. The van der Waals surface area contributed by atoms with Gasteiger partial charge in [0.15, 0.2) is 6.61 Å². The number of carbonyl (C=O) groups is 2. The third-order valence-electron chi connectivity index (χ3n) is 5.21. The molecule has 162 valence electrons. The molecule has 2 heterocycles. The second-order valence-corrected chi connectivity index (χ2v) is 9.32. The molecule has 4 rings (SSSR count). The molecular weight excluding hydrogens is 418 g/mol. The molecule has 0 saturated carbocycles. The Balaban J connectivity index is 1.29. The molecule has 2 aromatic carbocycles. The van der Waals surface area contributed by atoms with Crippen LogP contribution < -0.4 is 5.32 Å². The van der Waals surface area contributed by atoms with Gasteiger partial charge in [-0.3, -0.25) is 9.59 Å².